The van der Waals surface area contributed by atoms with Gasteiger partial charge in [0.25, 0.3) is 5.91 Å². The minimum Gasteiger partial charge on any atom is -0.358 e. The van der Waals surface area contributed by atoms with Crippen LogP contribution in [-0.2, 0) is 6.54 Å². The topological polar surface area (TPSA) is 53.9 Å². The fourth-order valence-corrected chi connectivity index (χ4v) is 4.05. The van der Waals surface area contributed by atoms with Crippen LogP contribution in [-0.4, -0.2) is 38.2 Å². The maximum absolute atomic E-state index is 13.3. The van der Waals surface area contributed by atoms with Gasteiger partial charge in [0.05, 0.1) is 23.8 Å². The average Bonchev–Trinajstić information content (AvgIpc) is 3.24. The predicted octanol–water partition coefficient (Wildman–Crippen LogP) is 3.59. The van der Waals surface area contributed by atoms with E-state index in [1.807, 2.05) is 47.7 Å². The molecule has 3 heterocycles. The Hall–Kier alpha value is -2.56. The van der Waals surface area contributed by atoms with Crippen LogP contribution in [0.2, 0.25) is 0 Å². The molecule has 0 radical (unpaired) electrons. The molecule has 25 heavy (non-hydrogen) atoms. The number of likely N-dealkylation sites (tertiary alicyclic amines) is 1. The van der Waals surface area contributed by atoms with Crippen molar-refractivity contribution >= 4 is 16.8 Å². The lowest BCUT2D eigenvalue weighted by molar-refractivity contribution is 0.0722. The monoisotopic (exact) mass is 336 g/mol. The maximum atomic E-state index is 13.3. The van der Waals surface area contributed by atoms with E-state index in [0.29, 0.717) is 0 Å². The number of rotatable bonds is 3. The molecule has 1 aliphatic rings. The predicted molar refractivity (Wildman–Crippen MR) is 98.8 cm³/mol. The lowest BCUT2D eigenvalue weighted by Gasteiger charge is -2.25. The van der Waals surface area contributed by atoms with Gasteiger partial charge in [0.15, 0.2) is 0 Å². The maximum Gasteiger partial charge on any atom is 0.256 e. The molecule has 1 aliphatic heterocycles. The van der Waals surface area contributed by atoms with Gasteiger partial charge < -0.3 is 9.88 Å². The zero-order valence-corrected chi connectivity index (χ0v) is 15.0. The third-order valence-corrected chi connectivity index (χ3v) is 5.23. The van der Waals surface area contributed by atoms with E-state index < -0.39 is 0 Å². The number of nitrogens with zero attached hydrogens (tertiary/aromatic N) is 3. The number of aromatic amines is 1. The van der Waals surface area contributed by atoms with Crippen molar-refractivity contribution in [3.8, 4) is 0 Å². The Morgan fingerprint density at radius 2 is 2.08 bits per heavy atom. The smallest absolute Gasteiger partial charge is 0.256 e. The highest BCUT2D eigenvalue weighted by atomic mass is 16.2. The van der Waals surface area contributed by atoms with E-state index in [1.54, 1.807) is 0 Å². The van der Waals surface area contributed by atoms with Crippen molar-refractivity contribution in [2.24, 2.45) is 0 Å². The number of amides is 1. The fourth-order valence-electron chi connectivity index (χ4n) is 4.05. The Bertz CT molecular complexity index is 936. The van der Waals surface area contributed by atoms with Crippen molar-refractivity contribution in [3.63, 3.8) is 0 Å². The van der Waals surface area contributed by atoms with Crippen molar-refractivity contribution in [2.75, 3.05) is 6.54 Å². The van der Waals surface area contributed by atoms with Gasteiger partial charge in [-0.25, -0.2) is 0 Å². The molecule has 1 aromatic carbocycles. The van der Waals surface area contributed by atoms with E-state index in [4.69, 9.17) is 0 Å². The molecule has 1 atom stereocenters. The molecule has 1 saturated heterocycles. The Balaban J connectivity index is 1.64. The number of carbonyl (C=O) groups is 1. The van der Waals surface area contributed by atoms with Gasteiger partial charge in [0, 0.05) is 28.8 Å². The number of benzene rings is 1. The molecule has 0 aliphatic carbocycles. The summed E-state index contributed by atoms with van der Waals surface area (Å²) in [5, 5.41) is 5.59. The van der Waals surface area contributed by atoms with Crippen LogP contribution < -0.4 is 0 Å². The number of hydrogen-bond acceptors (Lipinski definition) is 2. The first-order valence-electron chi connectivity index (χ1n) is 8.94. The van der Waals surface area contributed by atoms with Crippen LogP contribution in [0, 0.1) is 20.8 Å². The van der Waals surface area contributed by atoms with E-state index in [9.17, 15) is 4.79 Å². The Morgan fingerprint density at radius 1 is 1.28 bits per heavy atom. The first kappa shape index (κ1) is 15.9. The second-order valence-corrected chi connectivity index (χ2v) is 7.07. The van der Waals surface area contributed by atoms with Gasteiger partial charge in [-0.3, -0.25) is 9.48 Å². The summed E-state index contributed by atoms with van der Waals surface area (Å²) in [7, 11) is 0. The molecule has 0 bridgehead atoms. The number of hydrogen-bond donors (Lipinski definition) is 1. The molecule has 1 N–H and O–H groups in total. The molecule has 0 saturated carbocycles. The van der Waals surface area contributed by atoms with Crippen molar-refractivity contribution in [1.29, 1.82) is 0 Å². The van der Waals surface area contributed by atoms with Crippen LogP contribution in [0.5, 0.6) is 0 Å². The molecule has 0 unspecified atom stereocenters. The summed E-state index contributed by atoms with van der Waals surface area (Å²) in [5.41, 5.74) is 4.97. The van der Waals surface area contributed by atoms with Crippen LogP contribution >= 0.6 is 0 Å². The first-order valence-corrected chi connectivity index (χ1v) is 8.94. The van der Waals surface area contributed by atoms with Crippen LogP contribution in [0.25, 0.3) is 10.9 Å². The van der Waals surface area contributed by atoms with Crippen molar-refractivity contribution < 1.29 is 4.79 Å². The van der Waals surface area contributed by atoms with Gasteiger partial charge >= 0.3 is 0 Å². The highest BCUT2D eigenvalue weighted by Crippen LogP contribution is 2.28. The van der Waals surface area contributed by atoms with Crippen LogP contribution in [0.4, 0.5) is 0 Å². The Labute approximate surface area is 147 Å². The summed E-state index contributed by atoms with van der Waals surface area (Å²) < 4.78 is 2.04. The highest BCUT2D eigenvalue weighted by Gasteiger charge is 2.32. The number of H-pyrrole nitrogens is 1. The Morgan fingerprint density at radius 3 is 2.84 bits per heavy atom. The molecule has 4 rings (SSSR count). The minimum atomic E-state index is 0.138. The largest absolute Gasteiger partial charge is 0.358 e. The molecular weight excluding hydrogens is 312 g/mol. The third-order valence-electron chi connectivity index (χ3n) is 5.23. The second kappa shape index (κ2) is 6.06. The number of nitrogens with one attached hydrogen (secondary N) is 1. The van der Waals surface area contributed by atoms with Crippen molar-refractivity contribution in [1.82, 2.24) is 19.7 Å². The van der Waals surface area contributed by atoms with E-state index >= 15 is 0 Å². The SMILES string of the molecule is Cc1cc(C)n(C[C@@H]2CCCN2C(=O)c2c(C)[nH]c3ccccc23)n1. The molecule has 0 spiro atoms. The first-order chi connectivity index (χ1) is 12.0. The standard InChI is InChI=1S/C20H24N4O/c1-13-11-14(2)24(22-13)12-16-7-6-10-23(16)20(25)19-15(3)21-18-9-5-4-8-17(18)19/h4-5,8-9,11,16,21H,6-7,10,12H2,1-3H3/t16-/m0/s1. The lowest BCUT2D eigenvalue weighted by Crippen LogP contribution is -2.38. The molecular formula is C20H24N4O. The van der Waals surface area contributed by atoms with Gasteiger partial charge in [-0.05, 0) is 45.7 Å². The summed E-state index contributed by atoms with van der Waals surface area (Å²) in [6.45, 7) is 7.66. The normalized spacial score (nSPS) is 17.6. The quantitative estimate of drug-likeness (QED) is 0.794. The molecule has 3 aromatic rings. The zero-order chi connectivity index (χ0) is 17.6. The third kappa shape index (κ3) is 2.73. The van der Waals surface area contributed by atoms with Crippen LogP contribution in [0.1, 0.15) is 40.3 Å². The van der Waals surface area contributed by atoms with E-state index in [1.165, 1.54) is 0 Å². The average molecular weight is 336 g/mol. The van der Waals surface area contributed by atoms with Crippen molar-refractivity contribution in [3.05, 3.63) is 53.0 Å². The second-order valence-electron chi connectivity index (χ2n) is 7.07. The molecule has 5 heteroatoms. The number of aromatic nitrogens is 3. The number of carbonyl (C=O) groups excluding carboxylic acids is 1. The fraction of sp³-hybridized carbons (Fsp3) is 0.400. The van der Waals surface area contributed by atoms with E-state index in [0.717, 1.165) is 59.5 Å². The van der Waals surface area contributed by atoms with Gasteiger partial charge in [-0.2, -0.15) is 5.10 Å². The van der Waals surface area contributed by atoms with Crippen molar-refractivity contribution in [2.45, 2.75) is 46.2 Å². The van der Waals surface area contributed by atoms with Gasteiger partial charge in [0.1, 0.15) is 0 Å². The molecule has 1 fully saturated rings. The van der Waals surface area contributed by atoms with Crippen LogP contribution in [0.15, 0.2) is 30.3 Å². The molecule has 1 amide bonds. The Kier molecular flexibility index (Phi) is 3.86. The van der Waals surface area contributed by atoms with E-state index in [2.05, 4.69) is 23.1 Å². The number of fused-ring (bicyclic) bond motifs is 1. The summed E-state index contributed by atoms with van der Waals surface area (Å²) >= 11 is 0. The number of para-hydroxylation sites is 1. The summed E-state index contributed by atoms with van der Waals surface area (Å²) in [4.78, 5) is 18.7. The molecule has 5 nitrogen and oxygen atoms in total. The van der Waals surface area contributed by atoms with Crippen LogP contribution in [0.3, 0.4) is 0 Å². The van der Waals surface area contributed by atoms with Gasteiger partial charge in [-0.1, -0.05) is 18.2 Å². The highest BCUT2D eigenvalue weighted by molar-refractivity contribution is 6.08. The summed E-state index contributed by atoms with van der Waals surface area (Å²) in [6.07, 6.45) is 2.09. The lowest BCUT2D eigenvalue weighted by atomic mass is 10.1. The number of aryl methyl sites for hydroxylation is 3. The van der Waals surface area contributed by atoms with E-state index in [-0.39, 0.29) is 11.9 Å². The minimum absolute atomic E-state index is 0.138. The molecule has 130 valence electrons. The zero-order valence-electron chi connectivity index (χ0n) is 15.0. The molecule has 2 aromatic heterocycles. The summed E-state index contributed by atoms with van der Waals surface area (Å²) in [6, 6.07) is 10.3. The summed E-state index contributed by atoms with van der Waals surface area (Å²) in [5.74, 6) is 0.138. The van der Waals surface area contributed by atoms with Gasteiger partial charge in [0.2, 0.25) is 0 Å². The van der Waals surface area contributed by atoms with Gasteiger partial charge in [-0.15, -0.1) is 0 Å².